The Kier molecular flexibility index (Phi) is 12.9. The van der Waals surface area contributed by atoms with E-state index in [-0.39, 0.29) is 30.3 Å². The Balaban J connectivity index is 0.000000136. The summed E-state index contributed by atoms with van der Waals surface area (Å²) in [6, 6.07) is 26.0. The Labute approximate surface area is 383 Å². The van der Waals surface area contributed by atoms with E-state index in [9.17, 15) is 0 Å². The zero-order valence-corrected chi connectivity index (χ0v) is 36.9. The lowest BCUT2D eigenvalue weighted by Crippen LogP contribution is -2.44. The van der Waals surface area contributed by atoms with Crippen molar-refractivity contribution >= 4 is 34.7 Å². The molecule has 11 nitrogen and oxygen atoms in total. The van der Waals surface area contributed by atoms with Crippen LogP contribution in [-0.2, 0) is 32.1 Å². The van der Waals surface area contributed by atoms with Crippen molar-refractivity contribution in [2.45, 2.75) is 96.6 Å². The fourth-order valence-corrected chi connectivity index (χ4v) is 11.3. The second kappa shape index (κ2) is 18.9. The van der Waals surface area contributed by atoms with Gasteiger partial charge in [0.2, 0.25) is 0 Å². The maximum absolute atomic E-state index is 6.72. The van der Waals surface area contributed by atoms with Gasteiger partial charge in [-0.3, -0.25) is 9.97 Å². The van der Waals surface area contributed by atoms with Gasteiger partial charge in [-0.25, -0.2) is 19.9 Å². The Hall–Kier alpha value is -5.49. The number of anilines is 4. The molecule has 2 spiro atoms. The number of aromatic nitrogens is 6. The molecule has 2 aromatic carbocycles. The highest BCUT2D eigenvalue weighted by molar-refractivity contribution is 6.29. The first-order chi connectivity index (χ1) is 30.9. The average molecular weight is 877 g/mol. The normalized spacial score (nSPS) is 21.0. The topological polar surface area (TPSA) is 139 Å². The highest BCUT2D eigenvalue weighted by Gasteiger charge is 2.47. The van der Waals surface area contributed by atoms with Gasteiger partial charge in [-0.15, -0.1) is 0 Å². The lowest BCUT2D eigenvalue weighted by atomic mass is 9.73. The summed E-state index contributed by atoms with van der Waals surface area (Å²) >= 11 is 5.81. The molecule has 4 N–H and O–H groups in total. The van der Waals surface area contributed by atoms with Crippen LogP contribution in [0.5, 0.6) is 0 Å². The molecule has 332 valence electrons. The van der Waals surface area contributed by atoms with Gasteiger partial charge in [0, 0.05) is 62.9 Å². The molecule has 3 aliphatic carbocycles. The van der Waals surface area contributed by atoms with Gasteiger partial charge in [0.1, 0.15) is 16.8 Å². The molecule has 6 aromatic rings. The summed E-state index contributed by atoms with van der Waals surface area (Å²) in [4.78, 5) is 33.8. The number of hydrogen-bond acceptors (Lipinski definition) is 11. The predicted molar refractivity (Wildman–Crippen MR) is 258 cm³/mol. The minimum atomic E-state index is 0. The van der Waals surface area contributed by atoms with Gasteiger partial charge in [0.25, 0.3) is 0 Å². The van der Waals surface area contributed by atoms with Crippen molar-refractivity contribution in [3.63, 3.8) is 0 Å². The zero-order valence-electron chi connectivity index (χ0n) is 36.1. The highest BCUT2D eigenvalue weighted by atomic mass is 35.5. The van der Waals surface area contributed by atoms with Gasteiger partial charge in [0.05, 0.1) is 36.2 Å². The van der Waals surface area contributed by atoms with E-state index in [1.54, 1.807) is 12.4 Å². The Morgan fingerprint density at radius 3 is 1.56 bits per heavy atom. The first kappa shape index (κ1) is 43.7. The summed E-state index contributed by atoms with van der Waals surface area (Å²) in [5, 5.41) is 0.436. The third-order valence-corrected chi connectivity index (χ3v) is 15.1. The molecule has 0 amide bonds. The number of pyridine rings is 2. The number of nitrogens with two attached hydrogens (primary N) is 2. The maximum Gasteiger partial charge on any atom is 0.151 e. The van der Waals surface area contributed by atoms with Crippen LogP contribution in [0.4, 0.5) is 23.1 Å². The average Bonchev–Trinajstić information content (AvgIpc) is 3.78. The van der Waals surface area contributed by atoms with Crippen molar-refractivity contribution in [3.05, 3.63) is 154 Å². The summed E-state index contributed by atoms with van der Waals surface area (Å²) in [5.41, 5.74) is 24.4. The molecule has 6 aliphatic rings. The highest BCUT2D eigenvalue weighted by Crippen LogP contribution is 2.52. The lowest BCUT2D eigenvalue weighted by molar-refractivity contribution is 0.187. The third kappa shape index (κ3) is 8.70. The molecule has 0 radical (unpaired) electrons. The maximum atomic E-state index is 6.72. The van der Waals surface area contributed by atoms with E-state index < -0.39 is 0 Å². The van der Waals surface area contributed by atoms with Crippen LogP contribution in [0.3, 0.4) is 0 Å². The van der Waals surface area contributed by atoms with Crippen LogP contribution in [0.2, 0.25) is 5.15 Å². The second-order valence-corrected chi connectivity index (χ2v) is 18.8. The van der Waals surface area contributed by atoms with Crippen LogP contribution in [0, 0.1) is 10.8 Å². The number of halogens is 1. The van der Waals surface area contributed by atoms with E-state index in [0.29, 0.717) is 5.15 Å². The quantitative estimate of drug-likeness (QED) is 0.176. The first-order valence-electron chi connectivity index (χ1n) is 23.0. The molecule has 2 atom stereocenters. The summed E-state index contributed by atoms with van der Waals surface area (Å²) in [6.45, 7) is 4.85. The molecule has 0 saturated carbocycles. The van der Waals surface area contributed by atoms with E-state index >= 15 is 0 Å². The number of fused-ring (bicyclic) bond motifs is 4. The fourth-order valence-electron chi connectivity index (χ4n) is 11.2. The van der Waals surface area contributed by atoms with Crippen LogP contribution in [0.15, 0.2) is 110 Å². The SMILES string of the molecule is C.N[C@@H]1c2ccccc2CC12CCN(c1cnc(Cl)cn1)CC2.N[C@@H]1c2ccccc2CC12CCN(c1cnc(N3CCCc4ncccc43)cn1)CC2.c1cnc2c(c1)CCCC2. The molecule has 12 heteroatoms. The summed E-state index contributed by atoms with van der Waals surface area (Å²) in [7, 11) is 0. The number of piperidine rings is 2. The Bertz CT molecular complexity index is 2470. The molecule has 64 heavy (non-hydrogen) atoms. The molecule has 7 heterocycles. The van der Waals surface area contributed by atoms with Gasteiger partial charge in [-0.1, -0.05) is 73.6 Å². The van der Waals surface area contributed by atoms with Crippen LogP contribution in [0.25, 0.3) is 0 Å². The number of hydrogen-bond donors (Lipinski definition) is 2. The number of aryl methyl sites for hydroxylation is 3. The summed E-state index contributed by atoms with van der Waals surface area (Å²) in [6.07, 6.45) is 24.8. The first-order valence-corrected chi connectivity index (χ1v) is 23.4. The van der Waals surface area contributed by atoms with Crippen molar-refractivity contribution < 1.29 is 0 Å². The van der Waals surface area contributed by atoms with E-state index in [4.69, 9.17) is 33.0 Å². The fraction of sp³-hybridized carbons (Fsp3) is 0.423. The molecule has 2 fully saturated rings. The molecule has 2 saturated heterocycles. The van der Waals surface area contributed by atoms with Gasteiger partial charge >= 0.3 is 0 Å². The van der Waals surface area contributed by atoms with E-state index in [1.165, 1.54) is 59.2 Å². The van der Waals surface area contributed by atoms with Crippen LogP contribution in [0.1, 0.15) is 104 Å². The van der Waals surface area contributed by atoms with Gasteiger partial charge in [-0.2, -0.15) is 0 Å². The molecule has 0 unspecified atom stereocenters. The smallest absolute Gasteiger partial charge is 0.151 e. The van der Waals surface area contributed by atoms with Crippen LogP contribution >= 0.6 is 11.6 Å². The second-order valence-electron chi connectivity index (χ2n) is 18.4. The van der Waals surface area contributed by atoms with Gasteiger partial charge in [-0.05, 0) is 134 Å². The molecular weight excluding hydrogens is 814 g/mol. The predicted octanol–water partition coefficient (Wildman–Crippen LogP) is 9.37. The van der Waals surface area contributed by atoms with Crippen LogP contribution < -0.4 is 26.2 Å². The molecular formula is C52H62ClN11. The standard InChI is InChI=1S/C25H28N6.C17H19ClN4.C9H11N.CH4/c26-24-19-6-2-1-5-18(19)15-25(24)9-13-30(14-10-25)22-16-29-23(17-28-22)31-12-4-7-20-21(31)8-3-11-27-20;18-14-10-21-15(11-20-14)22-7-5-17(6-8-22)9-12-3-1-2-4-13(12)16(17)19;1-2-6-9-8(4-1)5-3-7-10-9;/h1-3,5-6,8,11,16-17,24H,4,7,9-10,12-15,26H2;1-4,10-11,16H,5-9,19H2;3,5,7H,1-2,4,6H2;1H4/t24-;16-;;/m11../s1. The number of rotatable bonds is 3. The minimum absolute atomic E-state index is 0. The third-order valence-electron chi connectivity index (χ3n) is 14.9. The summed E-state index contributed by atoms with van der Waals surface area (Å²) < 4.78 is 0. The molecule has 12 rings (SSSR count). The van der Waals surface area contributed by atoms with Crippen molar-refractivity contribution in [1.82, 2.24) is 29.9 Å². The molecule has 4 aromatic heterocycles. The number of nitrogens with zero attached hydrogens (tertiary/aromatic N) is 9. The Morgan fingerprint density at radius 2 is 1.00 bits per heavy atom. The van der Waals surface area contributed by atoms with Gasteiger partial charge in [0.15, 0.2) is 5.82 Å². The van der Waals surface area contributed by atoms with Crippen molar-refractivity contribution in [2.75, 3.05) is 47.4 Å². The minimum Gasteiger partial charge on any atom is -0.355 e. The molecule has 0 bridgehead atoms. The van der Waals surface area contributed by atoms with Crippen LogP contribution in [-0.4, -0.2) is 62.6 Å². The van der Waals surface area contributed by atoms with Crippen molar-refractivity contribution in [1.29, 1.82) is 0 Å². The van der Waals surface area contributed by atoms with Gasteiger partial charge < -0.3 is 26.2 Å². The largest absolute Gasteiger partial charge is 0.355 e. The lowest BCUT2D eigenvalue weighted by Gasteiger charge is -2.42. The molecule has 3 aliphatic heterocycles. The summed E-state index contributed by atoms with van der Waals surface area (Å²) in [5.74, 6) is 2.77. The van der Waals surface area contributed by atoms with Crippen molar-refractivity contribution in [2.24, 2.45) is 22.3 Å². The number of benzene rings is 2. The Morgan fingerprint density at radius 1 is 0.500 bits per heavy atom. The monoisotopic (exact) mass is 875 g/mol. The van der Waals surface area contributed by atoms with Crippen molar-refractivity contribution in [3.8, 4) is 0 Å². The van der Waals surface area contributed by atoms with E-state index in [0.717, 1.165) is 113 Å². The zero-order chi connectivity index (χ0) is 42.8. The van der Waals surface area contributed by atoms with E-state index in [1.807, 2.05) is 36.9 Å². The van der Waals surface area contributed by atoms with E-state index in [2.05, 4.69) is 95.3 Å².